The van der Waals surface area contributed by atoms with Crippen LogP contribution in [-0.4, -0.2) is 25.2 Å². The molecule has 0 spiro atoms. The van der Waals surface area contributed by atoms with E-state index in [2.05, 4.69) is 41.4 Å². The highest BCUT2D eigenvalue weighted by atomic mass is 32.2. The first kappa shape index (κ1) is 11.0. The molecule has 84 valence electrons. The van der Waals surface area contributed by atoms with Crippen molar-refractivity contribution in [3.8, 4) is 0 Å². The number of benzene rings is 1. The topological polar surface area (TPSA) is 47.8 Å². The maximum absolute atomic E-state index is 11.4. The minimum Gasteiger partial charge on any atom is -0.302 e. The Morgan fingerprint density at radius 1 is 1.31 bits per heavy atom. The molecule has 2 rings (SSSR count). The van der Waals surface area contributed by atoms with E-state index < -0.39 is 10.8 Å². The predicted molar refractivity (Wildman–Crippen MR) is 62.6 cm³/mol. The molecule has 0 fully saturated rings. The van der Waals surface area contributed by atoms with Gasteiger partial charge >= 0.3 is 0 Å². The molecular weight excluding hydrogens is 222 g/mol. The van der Waals surface area contributed by atoms with E-state index in [4.69, 9.17) is 0 Å². The fraction of sp³-hybridized carbons (Fsp3) is 0.273. The van der Waals surface area contributed by atoms with Gasteiger partial charge in [-0.15, -0.1) is 10.2 Å². The van der Waals surface area contributed by atoms with Crippen LogP contribution in [0, 0.1) is 6.92 Å². The largest absolute Gasteiger partial charge is 0.302 e. The van der Waals surface area contributed by atoms with Gasteiger partial charge in [-0.05, 0) is 12.5 Å². The summed E-state index contributed by atoms with van der Waals surface area (Å²) in [5.74, 6) is 0. The summed E-state index contributed by atoms with van der Waals surface area (Å²) >= 11 is 0. The summed E-state index contributed by atoms with van der Waals surface area (Å²) < 4.78 is 13.2. The second kappa shape index (κ2) is 4.57. The molecule has 4 nitrogen and oxygen atoms in total. The lowest BCUT2D eigenvalue weighted by Gasteiger charge is -2.04. The van der Waals surface area contributed by atoms with Crippen molar-refractivity contribution in [1.29, 1.82) is 0 Å². The summed E-state index contributed by atoms with van der Waals surface area (Å²) in [6.45, 7) is 2.71. The number of hydrogen-bond acceptors (Lipinski definition) is 3. The van der Waals surface area contributed by atoms with E-state index in [1.807, 2.05) is 0 Å². The Morgan fingerprint density at radius 3 is 2.62 bits per heavy atom. The molecule has 1 aromatic heterocycles. The number of rotatable bonds is 3. The van der Waals surface area contributed by atoms with Crippen LogP contribution in [0.3, 0.4) is 0 Å². The van der Waals surface area contributed by atoms with E-state index in [0.29, 0.717) is 11.7 Å². The van der Waals surface area contributed by atoms with E-state index in [9.17, 15) is 4.21 Å². The third kappa shape index (κ3) is 2.36. The molecule has 0 radical (unpaired) electrons. The summed E-state index contributed by atoms with van der Waals surface area (Å²) in [6.07, 6.45) is 3.21. The van der Waals surface area contributed by atoms with Gasteiger partial charge in [-0.3, -0.25) is 4.21 Å². The zero-order valence-electron chi connectivity index (χ0n) is 9.25. The van der Waals surface area contributed by atoms with Crippen LogP contribution in [0.1, 0.15) is 11.1 Å². The van der Waals surface area contributed by atoms with Crippen LogP contribution in [0.25, 0.3) is 0 Å². The van der Waals surface area contributed by atoms with Gasteiger partial charge in [0, 0.05) is 6.26 Å². The number of aryl methyl sites for hydroxylation is 1. The number of nitrogens with zero attached hydrogens (tertiary/aromatic N) is 3. The van der Waals surface area contributed by atoms with Gasteiger partial charge in [-0.25, -0.2) is 0 Å². The summed E-state index contributed by atoms with van der Waals surface area (Å²) in [7, 11) is -1.10. The molecule has 5 heteroatoms. The van der Waals surface area contributed by atoms with Crippen molar-refractivity contribution in [2.75, 3.05) is 6.26 Å². The lowest BCUT2D eigenvalue weighted by Crippen LogP contribution is -2.05. The third-order valence-corrected chi connectivity index (χ3v) is 3.14. The van der Waals surface area contributed by atoms with Gasteiger partial charge in [0.1, 0.15) is 6.33 Å². The third-order valence-electron chi connectivity index (χ3n) is 2.31. The standard InChI is InChI=1S/C11H13N3OS/c1-9-3-5-10(6-4-9)7-14-8-12-13-11(14)16(2)15/h3-6,8H,7H2,1-2H3/t16-/m1/s1. The van der Waals surface area contributed by atoms with Crippen LogP contribution < -0.4 is 0 Å². The van der Waals surface area contributed by atoms with Crippen molar-refractivity contribution in [2.45, 2.75) is 18.6 Å². The molecule has 0 aliphatic heterocycles. The molecule has 1 heterocycles. The van der Waals surface area contributed by atoms with Crippen LogP contribution in [0.5, 0.6) is 0 Å². The normalized spacial score (nSPS) is 12.6. The minimum absolute atomic E-state index is 0.514. The Hall–Kier alpha value is -1.49. The van der Waals surface area contributed by atoms with E-state index in [1.54, 1.807) is 17.2 Å². The van der Waals surface area contributed by atoms with Gasteiger partial charge in [0.25, 0.3) is 0 Å². The van der Waals surface area contributed by atoms with Crippen LogP contribution in [0.15, 0.2) is 35.7 Å². The first-order chi connectivity index (χ1) is 7.66. The van der Waals surface area contributed by atoms with Crippen molar-refractivity contribution in [2.24, 2.45) is 0 Å². The van der Waals surface area contributed by atoms with Crippen molar-refractivity contribution in [1.82, 2.24) is 14.8 Å². The van der Waals surface area contributed by atoms with Gasteiger partial charge in [-0.2, -0.15) is 0 Å². The van der Waals surface area contributed by atoms with Crippen LogP contribution in [0.2, 0.25) is 0 Å². The second-order valence-corrected chi connectivity index (χ2v) is 4.95. The van der Waals surface area contributed by atoms with Crippen LogP contribution in [-0.2, 0) is 17.3 Å². The molecule has 0 saturated carbocycles. The Labute approximate surface area is 96.8 Å². The number of hydrogen-bond donors (Lipinski definition) is 0. The lowest BCUT2D eigenvalue weighted by atomic mass is 10.1. The zero-order valence-corrected chi connectivity index (χ0v) is 10.1. The Morgan fingerprint density at radius 2 is 2.00 bits per heavy atom. The summed E-state index contributed by atoms with van der Waals surface area (Å²) in [6, 6.07) is 8.22. The highest BCUT2D eigenvalue weighted by Crippen LogP contribution is 2.08. The van der Waals surface area contributed by atoms with Crippen molar-refractivity contribution in [3.63, 3.8) is 0 Å². The lowest BCUT2D eigenvalue weighted by molar-refractivity contribution is 0.653. The maximum atomic E-state index is 11.4. The van der Waals surface area contributed by atoms with E-state index in [-0.39, 0.29) is 0 Å². The predicted octanol–water partition coefficient (Wildman–Crippen LogP) is 1.37. The zero-order chi connectivity index (χ0) is 11.5. The Bertz CT molecular complexity index is 504. The van der Waals surface area contributed by atoms with E-state index in [0.717, 1.165) is 5.56 Å². The Balaban J connectivity index is 2.23. The second-order valence-electron chi connectivity index (χ2n) is 3.68. The van der Waals surface area contributed by atoms with Crippen LogP contribution in [0.4, 0.5) is 0 Å². The summed E-state index contributed by atoms with van der Waals surface area (Å²) in [4.78, 5) is 0. The minimum atomic E-state index is -1.10. The maximum Gasteiger partial charge on any atom is 0.221 e. The SMILES string of the molecule is Cc1ccc(Cn2cnnc2[S@@](C)=O)cc1. The van der Waals surface area contributed by atoms with E-state index >= 15 is 0 Å². The summed E-state index contributed by atoms with van der Waals surface area (Å²) in [5.41, 5.74) is 2.38. The van der Waals surface area contributed by atoms with Crippen LogP contribution >= 0.6 is 0 Å². The molecule has 1 atom stereocenters. The first-order valence-corrected chi connectivity index (χ1v) is 6.49. The van der Waals surface area contributed by atoms with Gasteiger partial charge < -0.3 is 4.57 Å². The molecule has 0 aliphatic carbocycles. The van der Waals surface area contributed by atoms with Gasteiger partial charge in [-0.1, -0.05) is 29.8 Å². The van der Waals surface area contributed by atoms with Crippen molar-refractivity contribution < 1.29 is 4.21 Å². The van der Waals surface area contributed by atoms with Gasteiger partial charge in [0.15, 0.2) is 0 Å². The highest BCUT2D eigenvalue weighted by molar-refractivity contribution is 7.84. The fourth-order valence-electron chi connectivity index (χ4n) is 1.47. The average Bonchev–Trinajstić information content (AvgIpc) is 2.69. The average molecular weight is 235 g/mol. The van der Waals surface area contributed by atoms with Crippen molar-refractivity contribution in [3.05, 3.63) is 41.7 Å². The number of aromatic nitrogens is 3. The Kier molecular flexibility index (Phi) is 3.14. The molecule has 1 aromatic carbocycles. The molecule has 2 aromatic rings. The fourth-order valence-corrected chi connectivity index (χ4v) is 2.07. The monoisotopic (exact) mass is 235 g/mol. The molecule has 16 heavy (non-hydrogen) atoms. The molecule has 0 aliphatic rings. The summed E-state index contributed by atoms with van der Waals surface area (Å²) in [5, 5.41) is 8.13. The molecule has 0 saturated heterocycles. The van der Waals surface area contributed by atoms with Gasteiger partial charge in [0.2, 0.25) is 5.16 Å². The molecule has 0 N–H and O–H groups in total. The van der Waals surface area contributed by atoms with E-state index in [1.165, 1.54) is 5.56 Å². The smallest absolute Gasteiger partial charge is 0.221 e. The highest BCUT2D eigenvalue weighted by Gasteiger charge is 2.07. The quantitative estimate of drug-likeness (QED) is 0.807. The molecule has 0 amide bonds. The molecular formula is C11H13N3OS. The molecule has 0 bridgehead atoms. The van der Waals surface area contributed by atoms with Crippen molar-refractivity contribution >= 4 is 10.8 Å². The van der Waals surface area contributed by atoms with Gasteiger partial charge in [0.05, 0.1) is 17.3 Å². The first-order valence-electron chi connectivity index (χ1n) is 4.93. The molecule has 0 unspecified atom stereocenters.